The van der Waals surface area contributed by atoms with Gasteiger partial charge in [0.1, 0.15) is 4.47 Å². The highest BCUT2D eigenvalue weighted by Gasteiger charge is 2.16. The molecule has 106 valence electrons. The van der Waals surface area contributed by atoms with Crippen molar-refractivity contribution in [3.8, 4) is 0 Å². The van der Waals surface area contributed by atoms with Crippen LogP contribution in [0.5, 0.6) is 0 Å². The molecule has 0 bridgehead atoms. The number of rotatable bonds is 4. The Labute approximate surface area is 120 Å². The van der Waals surface area contributed by atoms with Crippen LogP contribution in [-0.4, -0.2) is 42.2 Å². The second kappa shape index (κ2) is 6.49. The fourth-order valence-corrected chi connectivity index (χ4v) is 2.24. The highest BCUT2D eigenvalue weighted by atomic mass is 79.9. The molecule has 19 heavy (non-hydrogen) atoms. The molecule has 1 fully saturated rings. The lowest BCUT2D eigenvalue weighted by molar-refractivity contribution is -0.0818. The largest absolute Gasteiger partial charge is 0.380 e. The zero-order chi connectivity index (χ0) is 13.8. The highest BCUT2D eigenvalue weighted by molar-refractivity contribution is 9.10. The second-order valence-corrected chi connectivity index (χ2v) is 5.46. The summed E-state index contributed by atoms with van der Waals surface area (Å²) in [5.74, 6) is 0. The molecule has 1 aromatic rings. The monoisotopic (exact) mass is 331 g/mol. The Bertz CT molecular complexity index is 484. The van der Waals surface area contributed by atoms with Gasteiger partial charge in [-0.1, -0.05) is 0 Å². The molecule has 1 unspecified atom stereocenters. The quantitative estimate of drug-likeness (QED) is 0.903. The lowest BCUT2D eigenvalue weighted by Crippen LogP contribution is -2.35. The number of nitrogens with one attached hydrogen (secondary N) is 1. The van der Waals surface area contributed by atoms with E-state index >= 15 is 0 Å². The predicted molar refractivity (Wildman–Crippen MR) is 75.6 cm³/mol. The maximum atomic E-state index is 12.0. The molecule has 0 saturated carbocycles. The molecular weight excluding hydrogens is 314 g/mol. The Balaban J connectivity index is 2.04. The SMILES string of the molecule is CC(C)n1ncc(NCC2COCCO2)c(Br)c1=O. The molecular formula is C12H18BrN3O3. The highest BCUT2D eigenvalue weighted by Crippen LogP contribution is 2.17. The summed E-state index contributed by atoms with van der Waals surface area (Å²) >= 11 is 3.32. The minimum atomic E-state index is -0.138. The van der Waals surface area contributed by atoms with Crippen molar-refractivity contribution in [2.24, 2.45) is 0 Å². The Morgan fingerprint density at radius 1 is 1.58 bits per heavy atom. The summed E-state index contributed by atoms with van der Waals surface area (Å²) in [6.45, 7) is 6.25. The molecule has 1 saturated heterocycles. The van der Waals surface area contributed by atoms with Crippen molar-refractivity contribution < 1.29 is 9.47 Å². The van der Waals surface area contributed by atoms with E-state index in [4.69, 9.17) is 9.47 Å². The van der Waals surface area contributed by atoms with Gasteiger partial charge in [0.05, 0.1) is 43.9 Å². The molecule has 7 heteroatoms. The van der Waals surface area contributed by atoms with E-state index in [2.05, 4.69) is 26.3 Å². The van der Waals surface area contributed by atoms with Gasteiger partial charge in [-0.05, 0) is 29.8 Å². The molecule has 1 aromatic heterocycles. The average Bonchev–Trinajstić information content (AvgIpc) is 2.41. The average molecular weight is 332 g/mol. The normalized spacial score (nSPS) is 19.7. The van der Waals surface area contributed by atoms with Crippen molar-refractivity contribution in [2.75, 3.05) is 31.7 Å². The first kappa shape index (κ1) is 14.5. The molecule has 0 aromatic carbocycles. The van der Waals surface area contributed by atoms with E-state index in [1.807, 2.05) is 13.8 Å². The van der Waals surface area contributed by atoms with Gasteiger partial charge in [0, 0.05) is 6.54 Å². The molecule has 2 heterocycles. The molecule has 1 atom stereocenters. The van der Waals surface area contributed by atoms with E-state index in [0.29, 0.717) is 36.5 Å². The number of hydrogen-bond acceptors (Lipinski definition) is 5. The fourth-order valence-electron chi connectivity index (χ4n) is 1.81. The van der Waals surface area contributed by atoms with Gasteiger partial charge in [0.15, 0.2) is 0 Å². The third-order valence-corrected chi connectivity index (χ3v) is 3.60. The molecule has 1 N–H and O–H groups in total. The Morgan fingerprint density at radius 3 is 3.00 bits per heavy atom. The van der Waals surface area contributed by atoms with Crippen molar-refractivity contribution in [2.45, 2.75) is 26.0 Å². The number of anilines is 1. The zero-order valence-electron chi connectivity index (χ0n) is 11.1. The van der Waals surface area contributed by atoms with Crippen molar-refractivity contribution in [1.29, 1.82) is 0 Å². The maximum Gasteiger partial charge on any atom is 0.283 e. The first-order chi connectivity index (χ1) is 9.09. The second-order valence-electron chi connectivity index (χ2n) is 4.66. The summed E-state index contributed by atoms with van der Waals surface area (Å²) in [7, 11) is 0. The maximum absolute atomic E-state index is 12.0. The number of ether oxygens (including phenoxy) is 2. The van der Waals surface area contributed by atoms with Crippen molar-refractivity contribution in [3.63, 3.8) is 0 Å². The van der Waals surface area contributed by atoms with E-state index in [0.717, 1.165) is 0 Å². The summed E-state index contributed by atoms with van der Waals surface area (Å²) < 4.78 is 12.8. The first-order valence-corrected chi connectivity index (χ1v) is 7.09. The van der Waals surface area contributed by atoms with Crippen molar-refractivity contribution in [3.05, 3.63) is 21.0 Å². The van der Waals surface area contributed by atoms with Gasteiger partial charge >= 0.3 is 0 Å². The molecule has 0 amide bonds. The summed E-state index contributed by atoms with van der Waals surface area (Å²) in [6.07, 6.45) is 1.66. The zero-order valence-corrected chi connectivity index (χ0v) is 12.6. The molecule has 0 aliphatic carbocycles. The number of nitrogens with zero attached hydrogens (tertiary/aromatic N) is 2. The lowest BCUT2D eigenvalue weighted by Gasteiger charge is -2.23. The Hall–Kier alpha value is -0.920. The number of halogens is 1. The van der Waals surface area contributed by atoms with E-state index in [-0.39, 0.29) is 17.7 Å². The Morgan fingerprint density at radius 2 is 2.37 bits per heavy atom. The Kier molecular flexibility index (Phi) is 4.95. The minimum Gasteiger partial charge on any atom is -0.380 e. The number of aromatic nitrogens is 2. The molecule has 1 aliphatic heterocycles. The summed E-state index contributed by atoms with van der Waals surface area (Å²) in [6, 6.07) is 0.0351. The van der Waals surface area contributed by atoms with Gasteiger partial charge in [0.2, 0.25) is 0 Å². The standard InChI is InChI=1S/C12H18BrN3O3/c1-8(2)16-12(17)11(13)10(6-15-16)14-5-9-7-18-3-4-19-9/h6,8-9,14H,3-5,7H2,1-2H3. The fraction of sp³-hybridized carbons (Fsp3) is 0.667. The smallest absolute Gasteiger partial charge is 0.283 e. The summed E-state index contributed by atoms with van der Waals surface area (Å²) in [5.41, 5.74) is 0.539. The first-order valence-electron chi connectivity index (χ1n) is 6.30. The molecule has 2 rings (SSSR count). The van der Waals surface area contributed by atoms with Gasteiger partial charge < -0.3 is 14.8 Å². The lowest BCUT2D eigenvalue weighted by atomic mass is 10.3. The predicted octanol–water partition coefficient (Wildman–Crippen LogP) is 1.41. The minimum absolute atomic E-state index is 0.00757. The van der Waals surface area contributed by atoms with Gasteiger partial charge in [-0.25, -0.2) is 4.68 Å². The van der Waals surface area contributed by atoms with Crippen LogP contribution in [0.15, 0.2) is 15.5 Å². The summed E-state index contributed by atoms with van der Waals surface area (Å²) in [5, 5.41) is 7.30. The van der Waals surface area contributed by atoms with Crippen LogP contribution in [0.2, 0.25) is 0 Å². The molecule has 0 spiro atoms. The van der Waals surface area contributed by atoms with E-state index in [1.54, 1.807) is 6.20 Å². The summed E-state index contributed by atoms with van der Waals surface area (Å²) in [4.78, 5) is 12.0. The number of hydrogen-bond donors (Lipinski definition) is 1. The van der Waals surface area contributed by atoms with Crippen LogP contribution >= 0.6 is 15.9 Å². The van der Waals surface area contributed by atoms with Crippen LogP contribution in [0, 0.1) is 0 Å². The third kappa shape index (κ3) is 3.55. The van der Waals surface area contributed by atoms with Crippen LogP contribution in [0.1, 0.15) is 19.9 Å². The van der Waals surface area contributed by atoms with Gasteiger partial charge in [-0.3, -0.25) is 4.79 Å². The topological polar surface area (TPSA) is 65.4 Å². The van der Waals surface area contributed by atoms with Crippen molar-refractivity contribution in [1.82, 2.24) is 9.78 Å². The van der Waals surface area contributed by atoms with E-state index in [9.17, 15) is 4.79 Å². The third-order valence-electron chi connectivity index (χ3n) is 2.84. The van der Waals surface area contributed by atoms with Crippen LogP contribution in [-0.2, 0) is 9.47 Å². The van der Waals surface area contributed by atoms with Gasteiger partial charge in [-0.2, -0.15) is 5.10 Å². The van der Waals surface area contributed by atoms with Crippen LogP contribution in [0.3, 0.4) is 0 Å². The molecule has 0 radical (unpaired) electrons. The molecule has 6 nitrogen and oxygen atoms in total. The van der Waals surface area contributed by atoms with Gasteiger partial charge in [-0.15, -0.1) is 0 Å². The van der Waals surface area contributed by atoms with Gasteiger partial charge in [0.25, 0.3) is 5.56 Å². The van der Waals surface area contributed by atoms with Crippen molar-refractivity contribution >= 4 is 21.6 Å². The van der Waals surface area contributed by atoms with E-state index < -0.39 is 0 Å². The van der Waals surface area contributed by atoms with Crippen LogP contribution in [0.4, 0.5) is 5.69 Å². The molecule has 1 aliphatic rings. The van der Waals surface area contributed by atoms with E-state index in [1.165, 1.54) is 4.68 Å². The van der Waals surface area contributed by atoms with Crippen LogP contribution in [0.25, 0.3) is 0 Å². The van der Waals surface area contributed by atoms with Crippen LogP contribution < -0.4 is 10.9 Å².